The Morgan fingerprint density at radius 3 is 2.23 bits per heavy atom. The van der Waals surface area contributed by atoms with Gasteiger partial charge in [0.2, 0.25) is 0 Å². The molecule has 0 saturated heterocycles. The van der Waals surface area contributed by atoms with E-state index in [2.05, 4.69) is 114 Å². The van der Waals surface area contributed by atoms with Gasteiger partial charge in [0.25, 0.3) is 0 Å². The SMILES string of the molecule is c1ccc(-c2ccc3c(c2)c2ccccc2n3-c2ccc3c4c(cccc24)-c2ncccc2-3)cc1. The Balaban J connectivity index is 1.46. The first-order chi connectivity index (χ1) is 17.4. The topological polar surface area (TPSA) is 17.8 Å². The highest BCUT2D eigenvalue weighted by atomic mass is 15.0. The van der Waals surface area contributed by atoms with Gasteiger partial charge >= 0.3 is 0 Å². The van der Waals surface area contributed by atoms with Gasteiger partial charge in [-0.3, -0.25) is 4.98 Å². The lowest BCUT2D eigenvalue weighted by Crippen LogP contribution is -1.95. The van der Waals surface area contributed by atoms with Crippen LogP contribution in [0.15, 0.2) is 121 Å². The van der Waals surface area contributed by atoms with Crippen molar-refractivity contribution >= 4 is 32.6 Å². The van der Waals surface area contributed by atoms with Crippen molar-refractivity contribution in [1.29, 1.82) is 0 Å². The predicted molar refractivity (Wildman–Crippen MR) is 146 cm³/mol. The molecular weight excluding hydrogens is 424 g/mol. The van der Waals surface area contributed by atoms with Gasteiger partial charge in [-0.05, 0) is 47.0 Å². The van der Waals surface area contributed by atoms with E-state index >= 15 is 0 Å². The smallest absolute Gasteiger partial charge is 0.0786 e. The highest BCUT2D eigenvalue weighted by molar-refractivity contribution is 6.18. The molecule has 0 unspecified atom stereocenters. The molecule has 2 heterocycles. The molecule has 162 valence electrons. The van der Waals surface area contributed by atoms with Gasteiger partial charge in [0.15, 0.2) is 0 Å². The molecule has 1 aliphatic rings. The summed E-state index contributed by atoms with van der Waals surface area (Å²) in [5, 5.41) is 5.10. The number of benzene rings is 5. The molecule has 5 aromatic carbocycles. The molecule has 0 atom stereocenters. The van der Waals surface area contributed by atoms with Crippen LogP contribution in [0.4, 0.5) is 0 Å². The molecule has 0 fully saturated rings. The van der Waals surface area contributed by atoms with E-state index in [0.717, 1.165) is 5.69 Å². The summed E-state index contributed by atoms with van der Waals surface area (Å²) in [6.07, 6.45) is 1.89. The van der Waals surface area contributed by atoms with Gasteiger partial charge in [-0.25, -0.2) is 0 Å². The normalized spacial score (nSPS) is 12.0. The van der Waals surface area contributed by atoms with E-state index < -0.39 is 0 Å². The number of para-hydroxylation sites is 1. The van der Waals surface area contributed by atoms with Crippen molar-refractivity contribution in [2.24, 2.45) is 0 Å². The third kappa shape index (κ3) is 2.51. The van der Waals surface area contributed by atoms with Crippen LogP contribution in [0.25, 0.3) is 71.8 Å². The van der Waals surface area contributed by atoms with Crippen LogP contribution in [0.2, 0.25) is 0 Å². The zero-order valence-corrected chi connectivity index (χ0v) is 18.9. The van der Waals surface area contributed by atoms with Crippen molar-refractivity contribution in [2.75, 3.05) is 0 Å². The van der Waals surface area contributed by atoms with E-state index in [9.17, 15) is 0 Å². The zero-order valence-electron chi connectivity index (χ0n) is 18.9. The lowest BCUT2D eigenvalue weighted by Gasteiger charge is -2.13. The number of nitrogens with zero attached hydrogens (tertiary/aromatic N) is 2. The summed E-state index contributed by atoms with van der Waals surface area (Å²) in [6.45, 7) is 0. The van der Waals surface area contributed by atoms with Crippen LogP contribution in [0.5, 0.6) is 0 Å². The molecule has 1 aliphatic carbocycles. The van der Waals surface area contributed by atoms with Gasteiger partial charge in [-0.1, -0.05) is 84.9 Å². The highest BCUT2D eigenvalue weighted by Crippen LogP contribution is 2.48. The summed E-state index contributed by atoms with van der Waals surface area (Å²) in [5.74, 6) is 0. The average Bonchev–Trinajstić information content (AvgIpc) is 3.44. The Morgan fingerprint density at radius 2 is 1.29 bits per heavy atom. The number of aromatic nitrogens is 2. The molecule has 2 aromatic heterocycles. The van der Waals surface area contributed by atoms with E-state index in [1.807, 2.05) is 12.3 Å². The monoisotopic (exact) mass is 444 g/mol. The van der Waals surface area contributed by atoms with Crippen molar-refractivity contribution in [3.8, 4) is 39.2 Å². The molecule has 0 radical (unpaired) electrons. The Bertz CT molecular complexity index is 1910. The highest BCUT2D eigenvalue weighted by Gasteiger charge is 2.24. The number of fused-ring (bicyclic) bond motifs is 6. The number of hydrogen-bond donors (Lipinski definition) is 0. The third-order valence-corrected chi connectivity index (χ3v) is 7.39. The largest absolute Gasteiger partial charge is 0.309 e. The van der Waals surface area contributed by atoms with Gasteiger partial charge in [0.1, 0.15) is 0 Å². The standard InChI is InChI=1S/C33H20N2/c1-2-8-21(9-3-1)22-15-17-31-28(20-22)23-10-4-5-14-29(23)35(31)30-18-16-24-25-13-7-19-34-33(25)27-12-6-11-26(30)32(24)27/h1-20H. The molecule has 0 spiro atoms. The molecule has 8 rings (SSSR count). The molecule has 0 bridgehead atoms. The number of pyridine rings is 1. The van der Waals surface area contributed by atoms with Gasteiger partial charge in [0.05, 0.1) is 22.4 Å². The second kappa shape index (κ2) is 6.91. The second-order valence-corrected chi connectivity index (χ2v) is 9.21. The molecule has 0 N–H and O–H groups in total. The van der Waals surface area contributed by atoms with Gasteiger partial charge < -0.3 is 4.57 Å². The van der Waals surface area contributed by atoms with E-state index in [0.29, 0.717) is 0 Å². The summed E-state index contributed by atoms with van der Waals surface area (Å²) in [6, 6.07) is 41.6. The minimum Gasteiger partial charge on any atom is -0.309 e. The van der Waals surface area contributed by atoms with E-state index in [1.54, 1.807) is 0 Å². The van der Waals surface area contributed by atoms with Crippen LogP contribution in [-0.2, 0) is 0 Å². The van der Waals surface area contributed by atoms with Gasteiger partial charge in [-0.2, -0.15) is 0 Å². The summed E-state index contributed by atoms with van der Waals surface area (Å²) in [4.78, 5) is 4.72. The third-order valence-electron chi connectivity index (χ3n) is 7.39. The maximum atomic E-state index is 4.72. The minimum atomic E-state index is 1.08. The fourth-order valence-electron chi connectivity index (χ4n) is 5.89. The molecule has 2 heteroatoms. The molecule has 0 saturated carbocycles. The first-order valence-electron chi connectivity index (χ1n) is 12.0. The van der Waals surface area contributed by atoms with Crippen molar-refractivity contribution in [3.63, 3.8) is 0 Å². The van der Waals surface area contributed by atoms with Gasteiger partial charge in [-0.15, -0.1) is 0 Å². The Labute approximate surface area is 202 Å². The molecule has 0 aliphatic heterocycles. The molecular formula is C33H20N2. The lowest BCUT2D eigenvalue weighted by molar-refractivity contribution is 1.20. The van der Waals surface area contributed by atoms with Crippen LogP contribution in [0, 0.1) is 0 Å². The van der Waals surface area contributed by atoms with Crippen LogP contribution in [0.3, 0.4) is 0 Å². The zero-order chi connectivity index (χ0) is 22.9. The molecule has 0 amide bonds. The fourth-order valence-corrected chi connectivity index (χ4v) is 5.89. The lowest BCUT2D eigenvalue weighted by atomic mass is 10.0. The van der Waals surface area contributed by atoms with Crippen LogP contribution in [-0.4, -0.2) is 9.55 Å². The van der Waals surface area contributed by atoms with Crippen molar-refractivity contribution in [1.82, 2.24) is 9.55 Å². The summed E-state index contributed by atoms with van der Waals surface area (Å²) in [5.41, 5.74) is 10.9. The van der Waals surface area contributed by atoms with E-state index in [-0.39, 0.29) is 0 Å². The maximum Gasteiger partial charge on any atom is 0.0786 e. The molecule has 2 nitrogen and oxygen atoms in total. The first-order valence-corrected chi connectivity index (χ1v) is 12.0. The van der Waals surface area contributed by atoms with Crippen molar-refractivity contribution < 1.29 is 0 Å². The van der Waals surface area contributed by atoms with Crippen molar-refractivity contribution in [3.05, 3.63) is 121 Å². The summed E-state index contributed by atoms with van der Waals surface area (Å²) in [7, 11) is 0. The maximum absolute atomic E-state index is 4.72. The molecule has 35 heavy (non-hydrogen) atoms. The average molecular weight is 445 g/mol. The summed E-state index contributed by atoms with van der Waals surface area (Å²) >= 11 is 0. The quantitative estimate of drug-likeness (QED) is 0.261. The summed E-state index contributed by atoms with van der Waals surface area (Å²) < 4.78 is 2.43. The minimum absolute atomic E-state index is 1.08. The Kier molecular flexibility index (Phi) is 3.69. The van der Waals surface area contributed by atoms with Gasteiger partial charge in [0, 0.05) is 38.9 Å². The molecule has 7 aromatic rings. The van der Waals surface area contributed by atoms with Crippen LogP contribution in [0.1, 0.15) is 0 Å². The Hall–Kier alpha value is -4.69. The Morgan fingerprint density at radius 1 is 0.486 bits per heavy atom. The van der Waals surface area contributed by atoms with Crippen LogP contribution < -0.4 is 0 Å². The van der Waals surface area contributed by atoms with Crippen LogP contribution >= 0.6 is 0 Å². The predicted octanol–water partition coefficient (Wildman–Crippen LogP) is 8.65. The van der Waals surface area contributed by atoms with Crippen molar-refractivity contribution in [2.45, 2.75) is 0 Å². The van der Waals surface area contributed by atoms with E-state index in [4.69, 9.17) is 4.98 Å². The fraction of sp³-hybridized carbons (Fsp3) is 0. The second-order valence-electron chi connectivity index (χ2n) is 9.21. The number of rotatable bonds is 2. The first kappa shape index (κ1) is 18.7. The van der Waals surface area contributed by atoms with E-state index in [1.165, 1.54) is 66.1 Å². The number of hydrogen-bond acceptors (Lipinski definition) is 1.